The molecule has 2 N–H and O–H groups in total. The van der Waals surface area contributed by atoms with Crippen molar-refractivity contribution in [3.63, 3.8) is 0 Å². The summed E-state index contributed by atoms with van der Waals surface area (Å²) in [5.74, 6) is -0.831. The van der Waals surface area contributed by atoms with Gasteiger partial charge in [-0.2, -0.15) is 0 Å². The zero-order valence-corrected chi connectivity index (χ0v) is 12.3. The van der Waals surface area contributed by atoms with Gasteiger partial charge in [0.15, 0.2) is 0 Å². The van der Waals surface area contributed by atoms with Gasteiger partial charge in [-0.3, -0.25) is 4.79 Å². The number of hydrogen-bond acceptors (Lipinski definition) is 5. The Kier molecular flexibility index (Phi) is 5.27. The Morgan fingerprint density at radius 2 is 1.75 bits per heavy atom. The van der Waals surface area contributed by atoms with E-state index in [2.05, 4.69) is 4.74 Å². The molecule has 1 rings (SSSR count). The van der Waals surface area contributed by atoms with Crippen LogP contribution in [-0.2, 0) is 20.7 Å². The Morgan fingerprint density at radius 1 is 1.20 bits per heavy atom. The van der Waals surface area contributed by atoms with E-state index >= 15 is 0 Å². The van der Waals surface area contributed by atoms with Crippen LogP contribution in [0.1, 0.15) is 36.7 Å². The van der Waals surface area contributed by atoms with Crippen molar-refractivity contribution < 1.29 is 19.1 Å². The minimum absolute atomic E-state index is 0.362. The average molecular weight is 279 g/mol. The maximum atomic E-state index is 11.8. The lowest BCUT2D eigenvalue weighted by molar-refractivity contribution is -0.142. The van der Waals surface area contributed by atoms with Gasteiger partial charge in [0.25, 0.3) is 0 Å². The Hall–Kier alpha value is -1.88. The lowest BCUT2D eigenvalue weighted by Crippen LogP contribution is -2.33. The third-order valence-electron chi connectivity index (χ3n) is 2.55. The largest absolute Gasteiger partial charge is 0.468 e. The van der Waals surface area contributed by atoms with E-state index in [1.807, 2.05) is 20.8 Å². The molecule has 0 aromatic heterocycles. The maximum absolute atomic E-state index is 11.8. The number of esters is 2. The van der Waals surface area contributed by atoms with Crippen molar-refractivity contribution in [2.45, 2.75) is 38.8 Å². The Bertz CT molecular complexity index is 474. The fourth-order valence-corrected chi connectivity index (χ4v) is 1.60. The zero-order chi connectivity index (χ0) is 15.3. The van der Waals surface area contributed by atoms with Crippen LogP contribution >= 0.6 is 0 Å². The standard InChI is InChI=1S/C15H21NO4/c1-15(2,3)20-13(17)11-7-5-10(6-8-11)9-12(16)14(18)19-4/h5-8,12H,9,16H2,1-4H3. The number of rotatable bonds is 4. The van der Waals surface area contributed by atoms with Crippen LogP contribution in [0.4, 0.5) is 0 Å². The molecular formula is C15H21NO4. The van der Waals surface area contributed by atoms with Crippen LogP contribution in [0.5, 0.6) is 0 Å². The van der Waals surface area contributed by atoms with E-state index in [1.165, 1.54) is 7.11 Å². The van der Waals surface area contributed by atoms with Gasteiger partial charge in [-0.15, -0.1) is 0 Å². The van der Waals surface area contributed by atoms with E-state index < -0.39 is 17.6 Å². The molecule has 0 radical (unpaired) electrons. The minimum atomic E-state index is -0.702. The quantitative estimate of drug-likeness (QED) is 0.848. The second-order valence-corrected chi connectivity index (χ2v) is 5.53. The summed E-state index contributed by atoms with van der Waals surface area (Å²) in [7, 11) is 1.30. The summed E-state index contributed by atoms with van der Waals surface area (Å²) in [4.78, 5) is 23.1. The van der Waals surface area contributed by atoms with E-state index in [1.54, 1.807) is 24.3 Å². The molecule has 0 spiro atoms. The van der Waals surface area contributed by atoms with Gasteiger partial charge < -0.3 is 15.2 Å². The van der Waals surface area contributed by atoms with Crippen LogP contribution in [0.2, 0.25) is 0 Å². The van der Waals surface area contributed by atoms with E-state index in [9.17, 15) is 9.59 Å². The Labute approximate surface area is 119 Å². The topological polar surface area (TPSA) is 78.6 Å². The van der Waals surface area contributed by atoms with Crippen molar-refractivity contribution in [3.05, 3.63) is 35.4 Å². The van der Waals surface area contributed by atoms with Crippen LogP contribution in [0.25, 0.3) is 0 Å². The molecule has 0 aliphatic heterocycles. The molecule has 0 bridgehead atoms. The SMILES string of the molecule is COC(=O)C(N)Cc1ccc(C(=O)OC(C)(C)C)cc1. The van der Waals surface area contributed by atoms with Crippen molar-refractivity contribution in [1.29, 1.82) is 0 Å². The normalized spacial score (nSPS) is 12.7. The molecule has 0 aliphatic rings. The Morgan fingerprint density at radius 3 is 2.20 bits per heavy atom. The van der Waals surface area contributed by atoms with Crippen LogP contribution in [0.3, 0.4) is 0 Å². The summed E-state index contributed by atoms with van der Waals surface area (Å²) in [6.45, 7) is 5.44. The van der Waals surface area contributed by atoms with Gasteiger partial charge in [0, 0.05) is 0 Å². The predicted octanol–water partition coefficient (Wildman–Crippen LogP) is 1.68. The van der Waals surface area contributed by atoms with Crippen molar-refractivity contribution >= 4 is 11.9 Å². The third-order valence-corrected chi connectivity index (χ3v) is 2.55. The number of hydrogen-bond donors (Lipinski definition) is 1. The first-order chi connectivity index (χ1) is 9.23. The second kappa shape index (κ2) is 6.52. The highest BCUT2D eigenvalue weighted by atomic mass is 16.6. The first-order valence-electron chi connectivity index (χ1n) is 6.38. The summed E-state index contributed by atoms with van der Waals surface area (Å²) in [6.07, 6.45) is 0.362. The molecule has 20 heavy (non-hydrogen) atoms. The van der Waals surface area contributed by atoms with Gasteiger partial charge in [0.1, 0.15) is 11.6 Å². The van der Waals surface area contributed by atoms with Crippen LogP contribution in [0.15, 0.2) is 24.3 Å². The molecule has 0 heterocycles. The number of carbonyl (C=O) groups excluding carboxylic acids is 2. The molecule has 0 fully saturated rings. The molecular weight excluding hydrogens is 258 g/mol. The van der Waals surface area contributed by atoms with E-state index in [4.69, 9.17) is 10.5 Å². The molecule has 0 amide bonds. The van der Waals surface area contributed by atoms with Crippen LogP contribution < -0.4 is 5.73 Å². The molecule has 1 atom stereocenters. The van der Waals surface area contributed by atoms with Gasteiger partial charge in [-0.1, -0.05) is 12.1 Å². The van der Waals surface area contributed by atoms with Gasteiger partial charge in [0.2, 0.25) is 0 Å². The first kappa shape index (κ1) is 16.2. The van der Waals surface area contributed by atoms with Gasteiger partial charge >= 0.3 is 11.9 Å². The van der Waals surface area contributed by atoms with Crippen molar-refractivity contribution in [2.75, 3.05) is 7.11 Å². The molecule has 0 saturated heterocycles. The van der Waals surface area contributed by atoms with Crippen LogP contribution in [-0.4, -0.2) is 30.7 Å². The predicted molar refractivity (Wildman–Crippen MR) is 75.3 cm³/mol. The zero-order valence-electron chi connectivity index (χ0n) is 12.3. The van der Waals surface area contributed by atoms with Gasteiger partial charge in [-0.05, 0) is 44.9 Å². The molecule has 5 heteroatoms. The highest BCUT2D eigenvalue weighted by Gasteiger charge is 2.18. The van der Waals surface area contributed by atoms with E-state index in [0.29, 0.717) is 12.0 Å². The highest BCUT2D eigenvalue weighted by Crippen LogP contribution is 2.13. The van der Waals surface area contributed by atoms with E-state index in [0.717, 1.165) is 5.56 Å². The molecule has 1 aromatic carbocycles. The van der Waals surface area contributed by atoms with Gasteiger partial charge in [-0.25, -0.2) is 4.79 Å². The highest BCUT2D eigenvalue weighted by molar-refractivity contribution is 5.89. The van der Waals surface area contributed by atoms with Crippen molar-refractivity contribution in [1.82, 2.24) is 0 Å². The molecule has 0 aliphatic carbocycles. The summed E-state index contributed by atoms with van der Waals surface area (Å²) >= 11 is 0. The molecule has 1 unspecified atom stereocenters. The second-order valence-electron chi connectivity index (χ2n) is 5.53. The number of carbonyl (C=O) groups is 2. The fourth-order valence-electron chi connectivity index (χ4n) is 1.60. The van der Waals surface area contributed by atoms with Crippen LogP contribution in [0, 0.1) is 0 Å². The summed E-state index contributed by atoms with van der Waals surface area (Å²) in [5.41, 5.74) is 6.47. The number of nitrogens with two attached hydrogens (primary N) is 1. The van der Waals surface area contributed by atoms with Crippen molar-refractivity contribution in [3.8, 4) is 0 Å². The molecule has 1 aromatic rings. The monoisotopic (exact) mass is 279 g/mol. The number of benzene rings is 1. The van der Waals surface area contributed by atoms with E-state index in [-0.39, 0.29) is 5.97 Å². The average Bonchev–Trinajstić information content (AvgIpc) is 2.36. The number of ether oxygens (including phenoxy) is 2. The smallest absolute Gasteiger partial charge is 0.338 e. The van der Waals surface area contributed by atoms with Crippen molar-refractivity contribution in [2.24, 2.45) is 5.73 Å². The lowest BCUT2D eigenvalue weighted by atomic mass is 10.0. The molecule has 110 valence electrons. The first-order valence-corrected chi connectivity index (χ1v) is 6.38. The third kappa shape index (κ3) is 5.01. The molecule has 5 nitrogen and oxygen atoms in total. The Balaban J connectivity index is 2.69. The summed E-state index contributed by atoms with van der Waals surface area (Å²) < 4.78 is 9.83. The fraction of sp³-hybridized carbons (Fsp3) is 0.467. The summed E-state index contributed by atoms with van der Waals surface area (Å²) in [5, 5.41) is 0. The minimum Gasteiger partial charge on any atom is -0.468 e. The maximum Gasteiger partial charge on any atom is 0.338 e. The number of methoxy groups -OCH3 is 1. The summed E-state index contributed by atoms with van der Waals surface area (Å²) in [6, 6.07) is 6.12. The molecule has 0 saturated carbocycles. The lowest BCUT2D eigenvalue weighted by Gasteiger charge is -2.19. The van der Waals surface area contributed by atoms with Gasteiger partial charge in [0.05, 0.1) is 12.7 Å².